The Bertz CT molecular complexity index is 620. The van der Waals surface area contributed by atoms with Gasteiger partial charge in [-0.15, -0.1) is 0 Å². The van der Waals surface area contributed by atoms with Crippen LogP contribution in [0.4, 0.5) is 0 Å². The molecule has 1 rings (SSSR count). The van der Waals surface area contributed by atoms with Gasteiger partial charge in [0.2, 0.25) is 5.78 Å². The first kappa shape index (κ1) is 21.9. The van der Waals surface area contributed by atoms with Gasteiger partial charge >= 0.3 is 5.97 Å². The molecule has 2 N–H and O–H groups in total. The zero-order valence-electron chi connectivity index (χ0n) is 16.5. The molecule has 6 heteroatoms. The van der Waals surface area contributed by atoms with Crippen LogP contribution in [0.3, 0.4) is 0 Å². The van der Waals surface area contributed by atoms with Crippen LogP contribution in [0.25, 0.3) is 0 Å². The van der Waals surface area contributed by atoms with Crippen molar-refractivity contribution in [2.75, 3.05) is 13.7 Å². The first-order valence-electron chi connectivity index (χ1n) is 9.27. The number of carboxylic acid groups (broad SMARTS) is 1. The van der Waals surface area contributed by atoms with Gasteiger partial charge in [-0.05, 0) is 38.5 Å². The number of hydrogen-bond donors (Lipinski definition) is 2. The Morgan fingerprint density at radius 3 is 2.42 bits per heavy atom. The van der Waals surface area contributed by atoms with E-state index in [0.29, 0.717) is 37.0 Å². The zero-order valence-corrected chi connectivity index (χ0v) is 16.5. The second-order valence-corrected chi connectivity index (χ2v) is 6.96. The van der Waals surface area contributed by atoms with Gasteiger partial charge in [-0.1, -0.05) is 20.8 Å². The maximum atomic E-state index is 13.1. The Kier molecular flexibility index (Phi) is 8.06. The molecule has 0 saturated carbocycles. The fraction of sp³-hybridized carbons (Fsp3) is 0.650. The Hall–Kier alpha value is -2.11. The number of Topliss-reactive ketones (excluding diaryl/α,β-unsaturated/α-hetero) is 2. The number of methoxy groups -OCH3 is 1. The molecule has 0 amide bonds. The third-order valence-corrected chi connectivity index (χ3v) is 5.21. The van der Waals surface area contributed by atoms with Crippen molar-refractivity contribution in [2.45, 2.75) is 59.8 Å². The normalized spacial score (nSPS) is 23.3. The molecule has 0 bridgehead atoms. The first-order chi connectivity index (χ1) is 12.2. The van der Waals surface area contributed by atoms with Gasteiger partial charge in [-0.3, -0.25) is 14.4 Å². The second-order valence-electron chi connectivity index (χ2n) is 6.96. The van der Waals surface area contributed by atoms with Crippen LogP contribution < -0.4 is 5.32 Å². The standard InChI is InChI=1S/C20H31NO5/c1-6-13(3)16-14(12-21-11-9-8-10-15(22)23)18(24)20(4,7-2)19(25)17(16)26-5/h12-13,21H,6-11H2,1-5H3,(H,22,23)/b14-12+/t13-,20+/m1/s1. The number of hydrogen-bond acceptors (Lipinski definition) is 5. The highest BCUT2D eigenvalue weighted by atomic mass is 16.5. The molecule has 2 atom stereocenters. The van der Waals surface area contributed by atoms with Gasteiger partial charge in [0.1, 0.15) is 0 Å². The van der Waals surface area contributed by atoms with E-state index in [2.05, 4.69) is 5.32 Å². The van der Waals surface area contributed by atoms with E-state index >= 15 is 0 Å². The lowest BCUT2D eigenvalue weighted by atomic mass is 9.67. The number of nitrogens with one attached hydrogen (secondary N) is 1. The van der Waals surface area contributed by atoms with Gasteiger partial charge < -0.3 is 15.2 Å². The van der Waals surface area contributed by atoms with Crippen LogP contribution in [0.1, 0.15) is 59.8 Å². The number of rotatable bonds is 10. The smallest absolute Gasteiger partial charge is 0.303 e. The summed E-state index contributed by atoms with van der Waals surface area (Å²) in [6.45, 7) is 8.05. The molecule has 0 saturated heterocycles. The maximum absolute atomic E-state index is 13.1. The molecule has 1 aliphatic carbocycles. The Balaban J connectivity index is 3.15. The molecule has 0 aromatic rings. The van der Waals surface area contributed by atoms with Gasteiger partial charge in [0.25, 0.3) is 0 Å². The van der Waals surface area contributed by atoms with Gasteiger partial charge in [-0.25, -0.2) is 0 Å². The number of ketones is 2. The van der Waals surface area contributed by atoms with Gasteiger partial charge in [-0.2, -0.15) is 0 Å². The molecular weight excluding hydrogens is 334 g/mol. The van der Waals surface area contributed by atoms with Crippen LogP contribution in [0, 0.1) is 11.3 Å². The van der Waals surface area contributed by atoms with Crippen molar-refractivity contribution in [3.05, 3.63) is 23.1 Å². The molecule has 1 aliphatic rings. The quantitative estimate of drug-likeness (QED) is 0.351. The van der Waals surface area contributed by atoms with Crippen LogP contribution in [0.5, 0.6) is 0 Å². The van der Waals surface area contributed by atoms with Crippen LogP contribution in [-0.4, -0.2) is 36.3 Å². The second kappa shape index (κ2) is 9.55. The summed E-state index contributed by atoms with van der Waals surface area (Å²) in [6.07, 6.45) is 4.24. The van der Waals surface area contributed by atoms with Crippen LogP contribution >= 0.6 is 0 Å². The first-order valence-corrected chi connectivity index (χ1v) is 9.27. The molecule has 146 valence electrons. The molecule has 0 aromatic carbocycles. The van der Waals surface area contributed by atoms with Gasteiger partial charge in [0.05, 0.1) is 12.5 Å². The number of allylic oxidation sites excluding steroid dienone is 3. The molecule has 0 fully saturated rings. The number of carbonyl (C=O) groups is 3. The van der Waals surface area contributed by atoms with Crippen molar-refractivity contribution < 1.29 is 24.2 Å². The summed E-state index contributed by atoms with van der Waals surface area (Å²) >= 11 is 0. The number of carbonyl (C=O) groups excluding carboxylic acids is 2. The Morgan fingerprint density at radius 1 is 1.27 bits per heavy atom. The van der Waals surface area contributed by atoms with Crippen molar-refractivity contribution >= 4 is 17.5 Å². The Morgan fingerprint density at radius 2 is 1.92 bits per heavy atom. The monoisotopic (exact) mass is 365 g/mol. The summed E-state index contributed by atoms with van der Waals surface area (Å²) in [5, 5.41) is 11.8. The summed E-state index contributed by atoms with van der Waals surface area (Å²) in [5.41, 5.74) is 0.0476. The summed E-state index contributed by atoms with van der Waals surface area (Å²) in [7, 11) is 1.47. The van der Waals surface area contributed by atoms with Crippen molar-refractivity contribution in [1.82, 2.24) is 5.32 Å². The van der Waals surface area contributed by atoms with E-state index in [1.807, 2.05) is 20.8 Å². The fourth-order valence-corrected chi connectivity index (χ4v) is 3.06. The summed E-state index contributed by atoms with van der Waals surface area (Å²) < 4.78 is 5.43. The predicted molar refractivity (Wildman–Crippen MR) is 99.5 cm³/mol. The minimum Gasteiger partial charge on any atom is -0.493 e. The molecule has 26 heavy (non-hydrogen) atoms. The lowest BCUT2D eigenvalue weighted by molar-refractivity contribution is -0.139. The molecule has 0 aromatic heterocycles. The highest BCUT2D eigenvalue weighted by Crippen LogP contribution is 2.42. The molecule has 0 heterocycles. The fourth-order valence-electron chi connectivity index (χ4n) is 3.06. The minimum atomic E-state index is -1.11. The van der Waals surface area contributed by atoms with Crippen LogP contribution in [-0.2, 0) is 19.1 Å². The molecule has 0 unspecified atom stereocenters. The van der Waals surface area contributed by atoms with Crippen molar-refractivity contribution in [3.8, 4) is 0 Å². The third kappa shape index (κ3) is 4.54. The highest BCUT2D eigenvalue weighted by molar-refractivity contribution is 6.24. The average molecular weight is 365 g/mol. The summed E-state index contributed by atoms with van der Waals surface area (Å²) in [4.78, 5) is 36.5. The summed E-state index contributed by atoms with van der Waals surface area (Å²) in [5.74, 6) is -0.947. The average Bonchev–Trinajstić information content (AvgIpc) is 2.62. The van der Waals surface area contributed by atoms with E-state index in [0.717, 1.165) is 6.42 Å². The van der Waals surface area contributed by atoms with Gasteiger partial charge in [0.15, 0.2) is 11.5 Å². The zero-order chi connectivity index (χ0) is 19.9. The molecular formula is C20H31NO5. The van der Waals surface area contributed by atoms with E-state index in [4.69, 9.17) is 9.84 Å². The third-order valence-electron chi connectivity index (χ3n) is 5.21. The van der Waals surface area contributed by atoms with Crippen molar-refractivity contribution in [1.29, 1.82) is 0 Å². The molecule has 0 aliphatic heterocycles. The van der Waals surface area contributed by atoms with E-state index < -0.39 is 11.4 Å². The number of ether oxygens (including phenoxy) is 1. The lowest BCUT2D eigenvalue weighted by Crippen LogP contribution is -2.44. The van der Waals surface area contributed by atoms with Crippen molar-refractivity contribution in [3.63, 3.8) is 0 Å². The van der Waals surface area contributed by atoms with Crippen LogP contribution in [0.2, 0.25) is 0 Å². The predicted octanol–water partition coefficient (Wildman–Crippen LogP) is 3.23. The lowest BCUT2D eigenvalue weighted by Gasteiger charge is -2.35. The van der Waals surface area contributed by atoms with E-state index in [1.165, 1.54) is 7.11 Å². The number of carboxylic acids is 1. The van der Waals surface area contributed by atoms with Gasteiger partial charge in [0, 0.05) is 30.3 Å². The van der Waals surface area contributed by atoms with Crippen LogP contribution in [0.15, 0.2) is 23.1 Å². The molecule has 0 radical (unpaired) electrons. The van der Waals surface area contributed by atoms with E-state index in [-0.39, 0.29) is 29.7 Å². The number of aliphatic carboxylic acids is 1. The Labute approximate surface area is 155 Å². The number of unbranched alkanes of at least 4 members (excludes halogenated alkanes) is 1. The SMILES string of the molecule is CC[C@@H](C)C1=C(OC)C(=O)[C@@](C)(CC)C(=O)/C1=C/NCCCCC(=O)O. The highest BCUT2D eigenvalue weighted by Gasteiger charge is 2.49. The maximum Gasteiger partial charge on any atom is 0.303 e. The van der Waals surface area contributed by atoms with E-state index in [1.54, 1.807) is 13.1 Å². The minimum absolute atomic E-state index is 0.0133. The molecule has 6 nitrogen and oxygen atoms in total. The van der Waals surface area contributed by atoms with Crippen molar-refractivity contribution in [2.24, 2.45) is 11.3 Å². The topological polar surface area (TPSA) is 92.7 Å². The van der Waals surface area contributed by atoms with E-state index in [9.17, 15) is 14.4 Å². The largest absolute Gasteiger partial charge is 0.493 e. The summed E-state index contributed by atoms with van der Waals surface area (Å²) in [6, 6.07) is 0. The molecule has 0 spiro atoms.